The monoisotopic (exact) mass is 422 g/mol. The number of nitrogens with one attached hydrogen (secondary N) is 1. The van der Waals surface area contributed by atoms with Crippen LogP contribution in [0.4, 0.5) is 0 Å². The third kappa shape index (κ3) is 5.66. The molecule has 0 aliphatic rings. The lowest BCUT2D eigenvalue weighted by Crippen LogP contribution is -2.31. The van der Waals surface area contributed by atoms with Gasteiger partial charge in [-0.2, -0.15) is 0 Å². The van der Waals surface area contributed by atoms with Crippen LogP contribution in [0.3, 0.4) is 0 Å². The molecule has 0 saturated heterocycles. The van der Waals surface area contributed by atoms with Crippen LogP contribution < -0.4 is 15.7 Å². The third-order valence-electron chi connectivity index (χ3n) is 5.27. The van der Waals surface area contributed by atoms with Crippen LogP contribution in [0.2, 0.25) is 0 Å². The minimum absolute atomic E-state index is 0.0502. The molecule has 0 unspecified atom stereocenters. The van der Waals surface area contributed by atoms with Gasteiger partial charge in [0.2, 0.25) is 5.88 Å². The molecular formula is C25H30N2O4. The summed E-state index contributed by atoms with van der Waals surface area (Å²) in [7, 11) is 0. The van der Waals surface area contributed by atoms with E-state index >= 15 is 0 Å². The van der Waals surface area contributed by atoms with Crippen LogP contribution in [-0.2, 0) is 6.61 Å². The summed E-state index contributed by atoms with van der Waals surface area (Å²) in [5.41, 5.74) is 0.391. The zero-order valence-electron chi connectivity index (χ0n) is 18.0. The first-order valence-corrected chi connectivity index (χ1v) is 11.0. The van der Waals surface area contributed by atoms with E-state index in [0.29, 0.717) is 17.3 Å². The average molecular weight is 423 g/mol. The summed E-state index contributed by atoms with van der Waals surface area (Å²) in [6, 6.07) is 16.1. The van der Waals surface area contributed by atoms with Gasteiger partial charge >= 0.3 is 0 Å². The van der Waals surface area contributed by atoms with E-state index < -0.39 is 17.3 Å². The van der Waals surface area contributed by atoms with Gasteiger partial charge in [0.25, 0.3) is 11.5 Å². The Hall–Kier alpha value is -3.28. The summed E-state index contributed by atoms with van der Waals surface area (Å²) >= 11 is 0. The Kier molecular flexibility index (Phi) is 8.10. The lowest BCUT2D eigenvalue weighted by molar-refractivity contribution is 0.0699. The number of aromatic hydroxyl groups is 1. The highest BCUT2D eigenvalue weighted by Crippen LogP contribution is 2.24. The van der Waals surface area contributed by atoms with Gasteiger partial charge in [-0.1, -0.05) is 87.6 Å². The van der Waals surface area contributed by atoms with E-state index in [1.165, 1.54) is 19.3 Å². The lowest BCUT2D eigenvalue weighted by atomic mass is 10.1. The largest absolute Gasteiger partial charge is 0.492 e. The molecule has 0 aliphatic heterocycles. The fourth-order valence-electron chi connectivity index (χ4n) is 3.57. The first-order chi connectivity index (χ1) is 15.1. The number of carbonyl (C=O) groups excluding carboxylic acids is 1. The Morgan fingerprint density at radius 2 is 1.58 bits per heavy atom. The summed E-state index contributed by atoms with van der Waals surface area (Å²) < 4.78 is 0.814. The number of aromatic nitrogens is 1. The molecular weight excluding hydrogens is 392 g/mol. The van der Waals surface area contributed by atoms with E-state index in [2.05, 4.69) is 12.2 Å². The number of fused-ring (bicyclic) bond motifs is 1. The van der Waals surface area contributed by atoms with Gasteiger partial charge in [0.1, 0.15) is 12.2 Å². The molecule has 1 aromatic heterocycles. The molecule has 6 heteroatoms. The fourth-order valence-corrected chi connectivity index (χ4v) is 3.57. The van der Waals surface area contributed by atoms with Gasteiger partial charge in [-0.25, -0.2) is 0 Å². The van der Waals surface area contributed by atoms with Crippen molar-refractivity contribution in [3.05, 3.63) is 76.1 Å². The number of unbranched alkanes of at least 4 members (excludes halogenated alkanes) is 5. The molecule has 1 amide bonds. The van der Waals surface area contributed by atoms with Gasteiger partial charge in [0.15, 0.2) is 0 Å². The fraction of sp³-hybridized carbons (Fsp3) is 0.360. The van der Waals surface area contributed by atoms with Gasteiger partial charge < -0.3 is 15.3 Å². The van der Waals surface area contributed by atoms with Crippen molar-refractivity contribution in [3.63, 3.8) is 0 Å². The van der Waals surface area contributed by atoms with Crippen LogP contribution in [-0.4, -0.2) is 22.3 Å². The number of amides is 1. The van der Waals surface area contributed by atoms with Crippen LogP contribution in [0.5, 0.6) is 5.88 Å². The van der Waals surface area contributed by atoms with Gasteiger partial charge in [-0.05, 0) is 18.1 Å². The zero-order valence-corrected chi connectivity index (χ0v) is 18.0. The average Bonchev–Trinajstić information content (AvgIpc) is 2.79. The molecule has 0 fully saturated rings. The summed E-state index contributed by atoms with van der Waals surface area (Å²) in [4.78, 5) is 31.4. The smallest absolute Gasteiger partial charge is 0.294 e. The van der Waals surface area contributed by atoms with Crippen LogP contribution in [0.25, 0.3) is 10.8 Å². The number of nitrogens with zero attached hydrogens (tertiary/aromatic N) is 1. The SMILES string of the molecule is CCCCCCCCNC(=O)c1c(O)n(OCc2ccccc2)c(=O)c2ccccc12. The van der Waals surface area contributed by atoms with E-state index in [1.54, 1.807) is 24.3 Å². The number of pyridine rings is 1. The van der Waals surface area contributed by atoms with Crippen molar-refractivity contribution in [1.82, 2.24) is 10.0 Å². The highest BCUT2D eigenvalue weighted by Gasteiger charge is 2.22. The van der Waals surface area contributed by atoms with E-state index in [9.17, 15) is 14.7 Å². The van der Waals surface area contributed by atoms with Gasteiger partial charge in [-0.3, -0.25) is 9.59 Å². The number of hydrogen-bond donors (Lipinski definition) is 2. The minimum Gasteiger partial charge on any atom is -0.492 e. The molecule has 3 aromatic rings. The van der Waals surface area contributed by atoms with E-state index in [0.717, 1.165) is 29.6 Å². The molecule has 164 valence electrons. The summed E-state index contributed by atoms with van der Waals surface area (Å²) in [6.45, 7) is 2.79. The number of rotatable bonds is 11. The Morgan fingerprint density at radius 1 is 0.935 bits per heavy atom. The van der Waals surface area contributed by atoms with Crippen molar-refractivity contribution >= 4 is 16.7 Å². The summed E-state index contributed by atoms with van der Waals surface area (Å²) in [5.74, 6) is -0.903. The Morgan fingerprint density at radius 3 is 2.32 bits per heavy atom. The molecule has 31 heavy (non-hydrogen) atoms. The molecule has 0 saturated carbocycles. The second kappa shape index (κ2) is 11.2. The van der Waals surface area contributed by atoms with E-state index in [-0.39, 0.29) is 12.2 Å². The second-order valence-electron chi connectivity index (χ2n) is 7.63. The Labute approximate surface area is 182 Å². The molecule has 0 atom stereocenters. The number of hydrogen-bond acceptors (Lipinski definition) is 4. The standard InChI is InChI=1S/C25H30N2O4/c1-2-3-4-5-6-12-17-26-23(28)22-20-15-10-11-16-21(20)24(29)27(25(22)30)31-18-19-13-8-7-9-14-19/h7-11,13-16,30H,2-6,12,17-18H2,1H3,(H,26,28). The van der Waals surface area contributed by atoms with Crippen LogP contribution in [0.15, 0.2) is 59.4 Å². The van der Waals surface area contributed by atoms with Gasteiger partial charge in [0, 0.05) is 11.9 Å². The molecule has 3 rings (SSSR count). The predicted octanol–water partition coefficient (Wildman–Crippen LogP) is 4.43. The Balaban J connectivity index is 1.79. The lowest BCUT2D eigenvalue weighted by Gasteiger charge is -2.16. The topological polar surface area (TPSA) is 80.6 Å². The molecule has 0 radical (unpaired) electrons. The predicted molar refractivity (Wildman–Crippen MR) is 122 cm³/mol. The Bertz CT molecular complexity index is 1060. The van der Waals surface area contributed by atoms with Crippen LogP contribution in [0.1, 0.15) is 61.4 Å². The minimum atomic E-state index is -0.503. The molecule has 6 nitrogen and oxygen atoms in total. The van der Waals surface area contributed by atoms with Crippen molar-refractivity contribution in [3.8, 4) is 5.88 Å². The normalized spacial score (nSPS) is 10.9. The van der Waals surface area contributed by atoms with Crippen molar-refractivity contribution < 1.29 is 14.7 Å². The number of carbonyl (C=O) groups is 1. The van der Waals surface area contributed by atoms with Crippen molar-refractivity contribution in [2.45, 2.75) is 52.1 Å². The van der Waals surface area contributed by atoms with Gasteiger partial charge in [-0.15, -0.1) is 4.73 Å². The third-order valence-corrected chi connectivity index (χ3v) is 5.27. The first-order valence-electron chi connectivity index (χ1n) is 11.0. The highest BCUT2D eigenvalue weighted by molar-refractivity contribution is 6.08. The molecule has 1 heterocycles. The van der Waals surface area contributed by atoms with Crippen molar-refractivity contribution in [1.29, 1.82) is 0 Å². The maximum Gasteiger partial charge on any atom is 0.294 e. The highest BCUT2D eigenvalue weighted by atomic mass is 16.7. The quantitative estimate of drug-likeness (QED) is 0.448. The molecule has 2 aromatic carbocycles. The van der Waals surface area contributed by atoms with Crippen molar-refractivity contribution in [2.24, 2.45) is 0 Å². The van der Waals surface area contributed by atoms with Crippen LogP contribution in [0, 0.1) is 0 Å². The first kappa shape index (κ1) is 22.4. The summed E-state index contributed by atoms with van der Waals surface area (Å²) in [5, 5.41) is 14.4. The van der Waals surface area contributed by atoms with E-state index in [1.807, 2.05) is 30.3 Å². The molecule has 0 spiro atoms. The van der Waals surface area contributed by atoms with E-state index in [4.69, 9.17) is 4.84 Å². The maximum atomic E-state index is 12.9. The second-order valence-corrected chi connectivity index (χ2v) is 7.63. The van der Waals surface area contributed by atoms with Crippen LogP contribution >= 0.6 is 0 Å². The molecule has 0 aliphatic carbocycles. The molecule has 2 N–H and O–H groups in total. The van der Waals surface area contributed by atoms with Crippen molar-refractivity contribution in [2.75, 3.05) is 6.54 Å². The zero-order chi connectivity index (χ0) is 22.1. The maximum absolute atomic E-state index is 12.9. The molecule has 0 bridgehead atoms. The number of benzene rings is 2. The van der Waals surface area contributed by atoms with Gasteiger partial charge in [0.05, 0.1) is 5.39 Å². The summed E-state index contributed by atoms with van der Waals surface area (Å²) in [6.07, 6.45) is 6.71.